The lowest BCUT2D eigenvalue weighted by Crippen LogP contribution is -2.25. The first-order chi connectivity index (χ1) is 5.20. The molecule has 2 nitrogen and oxygen atoms in total. The van der Waals surface area contributed by atoms with Gasteiger partial charge in [-0.15, -0.1) is 0 Å². The second kappa shape index (κ2) is 6.62. The molecule has 0 aromatic rings. The van der Waals surface area contributed by atoms with Gasteiger partial charge in [0.1, 0.15) is 0 Å². The van der Waals surface area contributed by atoms with Crippen LogP contribution in [0.2, 0.25) is 0 Å². The van der Waals surface area contributed by atoms with E-state index in [4.69, 9.17) is 4.74 Å². The van der Waals surface area contributed by atoms with Crippen LogP contribution in [0.25, 0.3) is 0 Å². The summed E-state index contributed by atoms with van der Waals surface area (Å²) in [6, 6.07) is 0. The van der Waals surface area contributed by atoms with Crippen LogP contribution in [0.15, 0.2) is 0 Å². The predicted molar refractivity (Wildman–Crippen MR) is 48.8 cm³/mol. The van der Waals surface area contributed by atoms with Crippen molar-refractivity contribution in [3.05, 3.63) is 0 Å². The number of hydrogen-bond donors (Lipinski definition) is 1. The zero-order valence-corrected chi connectivity index (χ0v) is 8.18. The van der Waals surface area contributed by atoms with Crippen LogP contribution in [0.4, 0.5) is 0 Å². The summed E-state index contributed by atoms with van der Waals surface area (Å²) in [4.78, 5) is 0. The lowest BCUT2D eigenvalue weighted by atomic mass is 10.1. The fraction of sp³-hybridized carbons (Fsp3) is 1.00. The number of methoxy groups -OCH3 is 1. The molecule has 2 heteroatoms. The molecule has 0 aliphatic heterocycles. The van der Waals surface area contributed by atoms with Crippen LogP contribution in [0.1, 0.15) is 26.7 Å². The average molecular weight is 159 g/mol. The number of likely N-dealkylation sites (N-methyl/N-ethyl adjacent to an activating group) is 1. The van der Waals surface area contributed by atoms with Crippen molar-refractivity contribution in [1.29, 1.82) is 0 Å². The fourth-order valence-electron chi connectivity index (χ4n) is 1.05. The Balaban J connectivity index is 3.35. The normalized spacial score (nSPS) is 13.9. The van der Waals surface area contributed by atoms with Gasteiger partial charge in [0, 0.05) is 13.7 Å². The van der Waals surface area contributed by atoms with Gasteiger partial charge in [-0.3, -0.25) is 0 Å². The Hall–Kier alpha value is -0.0800. The third-order valence-electron chi connectivity index (χ3n) is 1.83. The van der Waals surface area contributed by atoms with Crippen molar-refractivity contribution in [2.45, 2.75) is 32.8 Å². The smallest absolute Gasteiger partial charge is 0.0695 e. The lowest BCUT2D eigenvalue weighted by molar-refractivity contribution is 0.0913. The van der Waals surface area contributed by atoms with Gasteiger partial charge in [-0.05, 0) is 25.8 Å². The molecule has 0 aliphatic rings. The van der Waals surface area contributed by atoms with E-state index in [-0.39, 0.29) is 0 Å². The quantitative estimate of drug-likeness (QED) is 0.636. The molecule has 0 radical (unpaired) electrons. The summed E-state index contributed by atoms with van der Waals surface area (Å²) in [5.41, 5.74) is 0. The van der Waals surface area contributed by atoms with Crippen LogP contribution in [-0.2, 0) is 4.74 Å². The van der Waals surface area contributed by atoms with E-state index >= 15 is 0 Å². The van der Waals surface area contributed by atoms with Crippen LogP contribution in [0.5, 0.6) is 0 Å². The molecule has 0 unspecified atom stereocenters. The van der Waals surface area contributed by atoms with Crippen molar-refractivity contribution in [3.63, 3.8) is 0 Å². The van der Waals surface area contributed by atoms with E-state index in [1.165, 1.54) is 6.42 Å². The van der Waals surface area contributed by atoms with Gasteiger partial charge in [0.2, 0.25) is 0 Å². The maximum absolute atomic E-state index is 5.28. The van der Waals surface area contributed by atoms with E-state index in [9.17, 15) is 0 Å². The maximum atomic E-state index is 5.28. The van der Waals surface area contributed by atoms with Crippen LogP contribution >= 0.6 is 0 Å². The molecule has 0 saturated heterocycles. The van der Waals surface area contributed by atoms with E-state index in [0.29, 0.717) is 6.10 Å². The zero-order chi connectivity index (χ0) is 8.69. The number of hydrogen-bond acceptors (Lipinski definition) is 2. The van der Waals surface area contributed by atoms with Gasteiger partial charge in [0.05, 0.1) is 6.10 Å². The first-order valence-corrected chi connectivity index (χ1v) is 4.38. The minimum absolute atomic E-state index is 0.391. The molecule has 0 heterocycles. The van der Waals surface area contributed by atoms with E-state index in [1.807, 2.05) is 7.05 Å². The molecular formula is C9H21NO. The van der Waals surface area contributed by atoms with Gasteiger partial charge in [0.15, 0.2) is 0 Å². The number of nitrogens with one attached hydrogen (secondary N) is 1. The van der Waals surface area contributed by atoms with Gasteiger partial charge in [-0.2, -0.15) is 0 Å². The molecule has 0 aromatic carbocycles. The van der Waals surface area contributed by atoms with Crippen molar-refractivity contribution in [2.24, 2.45) is 5.92 Å². The highest BCUT2D eigenvalue weighted by Gasteiger charge is 2.05. The van der Waals surface area contributed by atoms with Crippen molar-refractivity contribution < 1.29 is 4.74 Å². The average Bonchev–Trinajstić information content (AvgIpc) is 1.97. The molecule has 1 N–H and O–H groups in total. The van der Waals surface area contributed by atoms with E-state index in [1.54, 1.807) is 7.11 Å². The van der Waals surface area contributed by atoms with Crippen molar-refractivity contribution >= 4 is 0 Å². The van der Waals surface area contributed by atoms with Crippen LogP contribution in [-0.4, -0.2) is 26.8 Å². The molecule has 68 valence electrons. The second-order valence-corrected chi connectivity index (χ2v) is 3.39. The minimum Gasteiger partial charge on any atom is -0.380 e. The summed E-state index contributed by atoms with van der Waals surface area (Å²) in [6.07, 6.45) is 2.80. The highest BCUT2D eigenvalue weighted by molar-refractivity contribution is 4.60. The molecular weight excluding hydrogens is 138 g/mol. The molecule has 0 aromatic heterocycles. The van der Waals surface area contributed by atoms with Gasteiger partial charge in [-0.25, -0.2) is 0 Å². The number of rotatable bonds is 6. The SMILES string of the molecule is CNC[C@H](CCC(C)C)OC. The molecule has 0 aliphatic carbocycles. The molecule has 0 rings (SSSR count). The molecule has 0 fully saturated rings. The largest absolute Gasteiger partial charge is 0.380 e. The number of ether oxygens (including phenoxy) is 1. The molecule has 0 saturated carbocycles. The maximum Gasteiger partial charge on any atom is 0.0695 e. The minimum atomic E-state index is 0.391. The fourth-order valence-corrected chi connectivity index (χ4v) is 1.05. The van der Waals surface area contributed by atoms with E-state index in [0.717, 1.165) is 18.9 Å². The zero-order valence-electron chi connectivity index (χ0n) is 8.18. The third-order valence-corrected chi connectivity index (χ3v) is 1.83. The molecule has 0 bridgehead atoms. The van der Waals surface area contributed by atoms with E-state index in [2.05, 4.69) is 19.2 Å². The van der Waals surface area contributed by atoms with E-state index < -0.39 is 0 Å². The Kier molecular flexibility index (Phi) is 6.57. The first kappa shape index (κ1) is 10.9. The topological polar surface area (TPSA) is 21.3 Å². The van der Waals surface area contributed by atoms with Gasteiger partial charge in [0.25, 0.3) is 0 Å². The van der Waals surface area contributed by atoms with Crippen molar-refractivity contribution in [3.8, 4) is 0 Å². The highest BCUT2D eigenvalue weighted by atomic mass is 16.5. The molecule has 1 atom stereocenters. The van der Waals surface area contributed by atoms with Gasteiger partial charge < -0.3 is 10.1 Å². The Labute approximate surface area is 70.3 Å². The Morgan fingerprint density at radius 3 is 2.27 bits per heavy atom. The Morgan fingerprint density at radius 1 is 1.27 bits per heavy atom. The first-order valence-electron chi connectivity index (χ1n) is 4.38. The van der Waals surface area contributed by atoms with Crippen LogP contribution in [0, 0.1) is 5.92 Å². The van der Waals surface area contributed by atoms with Crippen LogP contribution in [0.3, 0.4) is 0 Å². The predicted octanol–water partition coefficient (Wildman–Crippen LogP) is 1.66. The van der Waals surface area contributed by atoms with Crippen molar-refractivity contribution in [1.82, 2.24) is 5.32 Å². The summed E-state index contributed by atoms with van der Waals surface area (Å²) >= 11 is 0. The van der Waals surface area contributed by atoms with Crippen molar-refractivity contribution in [2.75, 3.05) is 20.7 Å². The monoisotopic (exact) mass is 159 g/mol. The van der Waals surface area contributed by atoms with Gasteiger partial charge in [-0.1, -0.05) is 13.8 Å². The highest BCUT2D eigenvalue weighted by Crippen LogP contribution is 2.07. The molecule has 0 amide bonds. The summed E-state index contributed by atoms with van der Waals surface area (Å²) in [7, 11) is 3.74. The molecule has 0 spiro atoms. The lowest BCUT2D eigenvalue weighted by Gasteiger charge is -2.15. The standard InChI is InChI=1S/C9H21NO/c1-8(2)5-6-9(11-4)7-10-3/h8-10H,5-7H2,1-4H3/t9-/m0/s1. The Morgan fingerprint density at radius 2 is 1.91 bits per heavy atom. The third kappa shape index (κ3) is 6.32. The second-order valence-electron chi connectivity index (χ2n) is 3.39. The molecule has 11 heavy (non-hydrogen) atoms. The van der Waals surface area contributed by atoms with Crippen LogP contribution < -0.4 is 5.32 Å². The summed E-state index contributed by atoms with van der Waals surface area (Å²) in [6.45, 7) is 5.45. The summed E-state index contributed by atoms with van der Waals surface area (Å²) in [5.74, 6) is 0.782. The van der Waals surface area contributed by atoms with Gasteiger partial charge >= 0.3 is 0 Å². The summed E-state index contributed by atoms with van der Waals surface area (Å²) < 4.78 is 5.28. The Bertz CT molecular complexity index is 83.6. The summed E-state index contributed by atoms with van der Waals surface area (Å²) in [5, 5.41) is 3.12.